The smallest absolute Gasteiger partial charge is 0.170 e. The third-order valence-electron chi connectivity index (χ3n) is 3.45. The molecule has 0 radical (unpaired) electrons. The Balaban J connectivity index is 1.76. The molecule has 4 nitrogen and oxygen atoms in total. The first kappa shape index (κ1) is 17.2. The van der Waals surface area contributed by atoms with E-state index in [4.69, 9.17) is 21.7 Å². The molecule has 2 rings (SSSR count). The Morgan fingerprint density at radius 2 is 2.27 bits per heavy atom. The van der Waals surface area contributed by atoms with Gasteiger partial charge in [0.25, 0.3) is 0 Å². The third kappa shape index (κ3) is 6.30. The van der Waals surface area contributed by atoms with E-state index >= 15 is 0 Å². The third-order valence-corrected chi connectivity index (χ3v) is 3.67. The summed E-state index contributed by atoms with van der Waals surface area (Å²) in [6.45, 7) is 6.26. The van der Waals surface area contributed by atoms with Gasteiger partial charge in [0, 0.05) is 18.3 Å². The van der Waals surface area contributed by atoms with Crippen molar-refractivity contribution >= 4 is 23.0 Å². The van der Waals surface area contributed by atoms with Gasteiger partial charge in [-0.15, -0.1) is 0 Å². The number of benzene rings is 1. The quantitative estimate of drug-likeness (QED) is 0.785. The van der Waals surface area contributed by atoms with Crippen LogP contribution in [0.3, 0.4) is 0 Å². The first-order valence-corrected chi connectivity index (χ1v) is 8.40. The SMILES string of the molecule is CC(C)NC(=S)Nc1cccc(COC[C@@H]2CCCCO2)c1. The Hall–Kier alpha value is -1.17. The van der Waals surface area contributed by atoms with E-state index in [9.17, 15) is 0 Å². The van der Waals surface area contributed by atoms with Crippen LogP contribution in [0.5, 0.6) is 0 Å². The Morgan fingerprint density at radius 1 is 1.41 bits per heavy atom. The van der Waals surface area contributed by atoms with Gasteiger partial charge in [-0.3, -0.25) is 0 Å². The summed E-state index contributed by atoms with van der Waals surface area (Å²) in [6, 6.07) is 8.46. The van der Waals surface area contributed by atoms with Crippen molar-refractivity contribution in [1.82, 2.24) is 5.32 Å². The van der Waals surface area contributed by atoms with Crippen molar-refractivity contribution in [1.29, 1.82) is 0 Å². The molecule has 1 aromatic rings. The van der Waals surface area contributed by atoms with Crippen LogP contribution in [-0.2, 0) is 16.1 Å². The summed E-state index contributed by atoms with van der Waals surface area (Å²) in [7, 11) is 0. The Bertz CT molecular complexity index is 473. The van der Waals surface area contributed by atoms with Gasteiger partial charge in [0.15, 0.2) is 5.11 Å². The van der Waals surface area contributed by atoms with E-state index in [-0.39, 0.29) is 6.10 Å². The number of hydrogen-bond donors (Lipinski definition) is 2. The van der Waals surface area contributed by atoms with Crippen molar-refractivity contribution in [3.8, 4) is 0 Å². The minimum atomic E-state index is 0.262. The number of thiocarbonyl (C=S) groups is 1. The summed E-state index contributed by atoms with van der Waals surface area (Å²) in [5.41, 5.74) is 2.11. The zero-order valence-electron chi connectivity index (χ0n) is 13.4. The molecule has 0 unspecified atom stereocenters. The average molecular weight is 322 g/mol. The maximum atomic E-state index is 5.78. The molecule has 0 amide bonds. The minimum absolute atomic E-state index is 0.262. The number of nitrogens with one attached hydrogen (secondary N) is 2. The first-order valence-electron chi connectivity index (χ1n) is 7.99. The highest BCUT2D eigenvalue weighted by atomic mass is 32.1. The Morgan fingerprint density at radius 3 is 3.00 bits per heavy atom. The molecule has 1 saturated heterocycles. The topological polar surface area (TPSA) is 42.5 Å². The standard InChI is InChI=1S/C17H26N2O2S/c1-13(2)18-17(22)19-15-7-5-6-14(10-15)11-20-12-16-8-3-4-9-21-16/h5-7,10,13,16H,3-4,8-9,11-12H2,1-2H3,(H2,18,19,22)/t16-/m0/s1. The van der Waals surface area contributed by atoms with E-state index in [1.54, 1.807) is 0 Å². The van der Waals surface area contributed by atoms with Crippen molar-refractivity contribution < 1.29 is 9.47 Å². The molecule has 1 aliphatic rings. The molecule has 122 valence electrons. The normalized spacial score (nSPS) is 18.2. The highest BCUT2D eigenvalue weighted by Crippen LogP contribution is 2.15. The van der Waals surface area contributed by atoms with Gasteiger partial charge in [-0.05, 0) is 63.0 Å². The van der Waals surface area contributed by atoms with Crippen LogP contribution < -0.4 is 10.6 Å². The number of anilines is 1. The largest absolute Gasteiger partial charge is 0.376 e. The zero-order chi connectivity index (χ0) is 15.8. The van der Waals surface area contributed by atoms with Crippen LogP contribution in [0.4, 0.5) is 5.69 Å². The van der Waals surface area contributed by atoms with E-state index in [1.807, 2.05) is 12.1 Å². The van der Waals surface area contributed by atoms with Gasteiger partial charge >= 0.3 is 0 Å². The maximum absolute atomic E-state index is 5.78. The molecule has 1 aromatic carbocycles. The summed E-state index contributed by atoms with van der Waals surface area (Å²) in [6.07, 6.45) is 3.79. The van der Waals surface area contributed by atoms with Crippen molar-refractivity contribution in [2.75, 3.05) is 18.5 Å². The lowest BCUT2D eigenvalue weighted by molar-refractivity contribution is -0.0447. The molecule has 0 aliphatic carbocycles. The first-order chi connectivity index (χ1) is 10.6. The molecular formula is C17H26N2O2S. The molecule has 1 fully saturated rings. The van der Waals surface area contributed by atoms with Gasteiger partial charge in [-0.25, -0.2) is 0 Å². The van der Waals surface area contributed by atoms with E-state index in [0.29, 0.717) is 24.4 Å². The van der Waals surface area contributed by atoms with Gasteiger partial charge in [-0.2, -0.15) is 0 Å². The highest BCUT2D eigenvalue weighted by molar-refractivity contribution is 7.80. The second-order valence-electron chi connectivity index (χ2n) is 5.96. The fourth-order valence-electron chi connectivity index (χ4n) is 2.42. The Labute approximate surface area is 138 Å². The van der Waals surface area contributed by atoms with E-state index in [2.05, 4.69) is 36.6 Å². The second kappa shape index (κ2) is 9.08. The molecule has 0 bridgehead atoms. The van der Waals surface area contributed by atoms with E-state index < -0.39 is 0 Å². The molecule has 2 N–H and O–H groups in total. The lowest BCUT2D eigenvalue weighted by Gasteiger charge is -2.22. The van der Waals surface area contributed by atoms with Crippen LogP contribution in [-0.4, -0.2) is 30.5 Å². The van der Waals surface area contributed by atoms with Crippen LogP contribution in [0.15, 0.2) is 24.3 Å². The molecule has 1 heterocycles. The lowest BCUT2D eigenvalue weighted by Crippen LogP contribution is -2.33. The van der Waals surface area contributed by atoms with Crippen LogP contribution in [0.2, 0.25) is 0 Å². The number of ether oxygens (including phenoxy) is 2. The van der Waals surface area contributed by atoms with E-state index in [1.165, 1.54) is 12.8 Å². The molecule has 0 saturated carbocycles. The lowest BCUT2D eigenvalue weighted by atomic mass is 10.1. The number of hydrogen-bond acceptors (Lipinski definition) is 3. The van der Waals surface area contributed by atoms with Crippen LogP contribution in [0.25, 0.3) is 0 Å². The fourth-order valence-corrected chi connectivity index (χ4v) is 2.77. The minimum Gasteiger partial charge on any atom is -0.376 e. The molecule has 0 spiro atoms. The average Bonchev–Trinajstić information content (AvgIpc) is 2.48. The zero-order valence-corrected chi connectivity index (χ0v) is 14.2. The van der Waals surface area contributed by atoms with Crippen LogP contribution in [0.1, 0.15) is 38.7 Å². The van der Waals surface area contributed by atoms with Crippen molar-refractivity contribution in [2.24, 2.45) is 0 Å². The second-order valence-corrected chi connectivity index (χ2v) is 6.37. The molecule has 5 heteroatoms. The fraction of sp³-hybridized carbons (Fsp3) is 0.588. The van der Waals surface area contributed by atoms with Crippen molar-refractivity contribution in [3.05, 3.63) is 29.8 Å². The van der Waals surface area contributed by atoms with Crippen molar-refractivity contribution in [3.63, 3.8) is 0 Å². The van der Waals surface area contributed by atoms with Gasteiger partial charge in [0.2, 0.25) is 0 Å². The predicted molar refractivity (Wildman–Crippen MR) is 94.2 cm³/mol. The van der Waals surface area contributed by atoms with Gasteiger partial charge in [0.1, 0.15) is 0 Å². The summed E-state index contributed by atoms with van der Waals surface area (Å²) >= 11 is 5.26. The molecular weight excluding hydrogens is 296 g/mol. The monoisotopic (exact) mass is 322 g/mol. The molecule has 0 aromatic heterocycles. The van der Waals surface area contributed by atoms with Crippen molar-refractivity contribution in [2.45, 2.75) is 51.9 Å². The van der Waals surface area contributed by atoms with E-state index in [0.717, 1.165) is 24.3 Å². The summed E-state index contributed by atoms with van der Waals surface area (Å²) in [5, 5.41) is 7.01. The maximum Gasteiger partial charge on any atom is 0.170 e. The summed E-state index contributed by atoms with van der Waals surface area (Å²) in [5.74, 6) is 0. The molecule has 1 atom stereocenters. The summed E-state index contributed by atoms with van der Waals surface area (Å²) < 4.78 is 11.4. The van der Waals surface area contributed by atoms with Gasteiger partial charge in [-0.1, -0.05) is 12.1 Å². The predicted octanol–water partition coefficient (Wildman–Crippen LogP) is 3.47. The Kier molecular flexibility index (Phi) is 7.09. The summed E-state index contributed by atoms with van der Waals surface area (Å²) in [4.78, 5) is 0. The molecule has 1 aliphatic heterocycles. The van der Waals surface area contributed by atoms with Crippen LogP contribution in [0, 0.1) is 0 Å². The molecule has 22 heavy (non-hydrogen) atoms. The number of rotatable bonds is 6. The highest BCUT2D eigenvalue weighted by Gasteiger charge is 2.13. The van der Waals surface area contributed by atoms with Gasteiger partial charge in [0.05, 0.1) is 19.3 Å². The van der Waals surface area contributed by atoms with Crippen LogP contribution >= 0.6 is 12.2 Å². The van der Waals surface area contributed by atoms with Gasteiger partial charge < -0.3 is 20.1 Å².